The summed E-state index contributed by atoms with van der Waals surface area (Å²) in [5.41, 5.74) is -0.241. The maximum absolute atomic E-state index is 12.0. The molecule has 0 aliphatic carbocycles. The van der Waals surface area contributed by atoms with Gasteiger partial charge in [-0.3, -0.25) is 9.59 Å². The summed E-state index contributed by atoms with van der Waals surface area (Å²) in [4.78, 5) is 21.3. The molecule has 0 aliphatic heterocycles. The van der Waals surface area contributed by atoms with Gasteiger partial charge in [0.1, 0.15) is 0 Å². The van der Waals surface area contributed by atoms with Gasteiger partial charge in [-0.05, 0) is 11.8 Å². The molecular formula is C10H17F2NO3. The normalized spacial score (nSPS) is 13.6. The summed E-state index contributed by atoms with van der Waals surface area (Å²) in [5, 5.41) is 10.6. The summed E-state index contributed by atoms with van der Waals surface area (Å²) in [7, 11) is 0. The van der Waals surface area contributed by atoms with Gasteiger partial charge >= 0.3 is 12.4 Å². The number of alkyl halides is 2. The first kappa shape index (κ1) is 14.8. The Bertz CT molecular complexity index is 261. The van der Waals surface area contributed by atoms with E-state index < -0.39 is 24.3 Å². The van der Waals surface area contributed by atoms with Crippen LogP contribution in [0, 0.1) is 5.41 Å². The van der Waals surface area contributed by atoms with E-state index in [1.165, 1.54) is 0 Å². The Kier molecular flexibility index (Phi) is 5.33. The molecule has 0 rings (SSSR count). The Morgan fingerprint density at radius 3 is 2.12 bits per heavy atom. The van der Waals surface area contributed by atoms with E-state index in [-0.39, 0.29) is 11.8 Å². The second kappa shape index (κ2) is 5.77. The van der Waals surface area contributed by atoms with E-state index in [1.54, 1.807) is 0 Å². The number of nitrogens with one attached hydrogen (secondary N) is 1. The summed E-state index contributed by atoms with van der Waals surface area (Å²) in [6.45, 7) is 5.53. The molecule has 4 nitrogen and oxygen atoms in total. The lowest BCUT2D eigenvalue weighted by atomic mass is 9.87. The van der Waals surface area contributed by atoms with Crippen molar-refractivity contribution in [3.05, 3.63) is 0 Å². The van der Waals surface area contributed by atoms with Crippen LogP contribution in [0.2, 0.25) is 0 Å². The topological polar surface area (TPSA) is 66.4 Å². The molecule has 0 heterocycles. The molecule has 94 valence electrons. The number of carbonyl (C=O) groups is 2. The van der Waals surface area contributed by atoms with Crippen LogP contribution in [-0.2, 0) is 9.59 Å². The van der Waals surface area contributed by atoms with E-state index in [4.69, 9.17) is 5.11 Å². The fraction of sp³-hybridized carbons (Fsp3) is 0.800. The molecule has 0 aromatic rings. The van der Waals surface area contributed by atoms with Gasteiger partial charge in [-0.25, -0.2) is 0 Å². The Labute approximate surface area is 93.0 Å². The summed E-state index contributed by atoms with van der Waals surface area (Å²) >= 11 is 0. The Morgan fingerprint density at radius 2 is 1.81 bits per heavy atom. The number of rotatable bonds is 5. The van der Waals surface area contributed by atoms with Crippen molar-refractivity contribution in [3.8, 4) is 0 Å². The number of carboxylic acids is 1. The number of amides is 1. The zero-order valence-electron chi connectivity index (χ0n) is 9.59. The van der Waals surface area contributed by atoms with Crippen molar-refractivity contribution >= 4 is 11.9 Å². The van der Waals surface area contributed by atoms with Crippen molar-refractivity contribution in [1.82, 2.24) is 5.32 Å². The molecule has 0 saturated heterocycles. The summed E-state index contributed by atoms with van der Waals surface area (Å²) in [6, 6.07) is -0.765. The molecule has 0 spiro atoms. The fourth-order valence-corrected chi connectivity index (χ4v) is 1.39. The highest BCUT2D eigenvalue weighted by Gasteiger charge is 2.25. The third kappa shape index (κ3) is 7.14. The smallest absolute Gasteiger partial charge is 0.315 e. The highest BCUT2D eigenvalue weighted by molar-refractivity contribution is 5.80. The zero-order chi connectivity index (χ0) is 12.9. The average molecular weight is 237 g/mol. The van der Waals surface area contributed by atoms with Crippen molar-refractivity contribution in [2.45, 2.75) is 46.1 Å². The first-order chi connectivity index (χ1) is 7.11. The average Bonchev–Trinajstić information content (AvgIpc) is 1.98. The SMILES string of the molecule is CC(C)(C)CC(CC(=O)O)NC(=O)C(F)F. The van der Waals surface area contributed by atoms with E-state index >= 15 is 0 Å². The van der Waals surface area contributed by atoms with Gasteiger partial charge in [-0.15, -0.1) is 0 Å². The van der Waals surface area contributed by atoms with Crippen molar-refractivity contribution in [1.29, 1.82) is 0 Å². The van der Waals surface area contributed by atoms with Gasteiger partial charge in [0, 0.05) is 6.04 Å². The lowest BCUT2D eigenvalue weighted by molar-refractivity contribution is -0.138. The molecular weight excluding hydrogens is 220 g/mol. The second-order valence-electron chi connectivity index (χ2n) is 4.87. The third-order valence-electron chi connectivity index (χ3n) is 1.82. The number of hydrogen-bond acceptors (Lipinski definition) is 2. The Morgan fingerprint density at radius 1 is 1.31 bits per heavy atom. The van der Waals surface area contributed by atoms with Crippen LogP contribution in [0.1, 0.15) is 33.6 Å². The Hall–Kier alpha value is -1.20. The molecule has 0 fully saturated rings. The maximum atomic E-state index is 12.0. The molecule has 0 aromatic heterocycles. The van der Waals surface area contributed by atoms with Crippen LogP contribution < -0.4 is 5.32 Å². The highest BCUT2D eigenvalue weighted by atomic mass is 19.3. The largest absolute Gasteiger partial charge is 0.481 e. The minimum absolute atomic E-state index is 0.241. The molecule has 0 radical (unpaired) electrons. The molecule has 0 aromatic carbocycles. The van der Waals surface area contributed by atoms with Crippen molar-refractivity contribution in [2.75, 3.05) is 0 Å². The van der Waals surface area contributed by atoms with E-state index in [9.17, 15) is 18.4 Å². The molecule has 0 bridgehead atoms. The molecule has 0 saturated carbocycles. The minimum atomic E-state index is -3.11. The van der Waals surface area contributed by atoms with Crippen molar-refractivity contribution < 1.29 is 23.5 Å². The summed E-state index contributed by atoms with van der Waals surface area (Å²) in [5.74, 6) is -2.54. The van der Waals surface area contributed by atoms with Crippen molar-refractivity contribution in [2.24, 2.45) is 5.41 Å². The third-order valence-corrected chi connectivity index (χ3v) is 1.82. The summed E-state index contributed by atoms with van der Waals surface area (Å²) in [6.07, 6.45) is -3.13. The monoisotopic (exact) mass is 237 g/mol. The van der Waals surface area contributed by atoms with Crippen LogP contribution in [-0.4, -0.2) is 29.5 Å². The van der Waals surface area contributed by atoms with Gasteiger partial charge in [-0.2, -0.15) is 8.78 Å². The lowest BCUT2D eigenvalue weighted by Gasteiger charge is -2.25. The second-order valence-corrected chi connectivity index (χ2v) is 4.87. The van der Waals surface area contributed by atoms with E-state index in [2.05, 4.69) is 0 Å². The van der Waals surface area contributed by atoms with Crippen LogP contribution >= 0.6 is 0 Å². The Balaban J connectivity index is 4.43. The van der Waals surface area contributed by atoms with E-state index in [1.807, 2.05) is 26.1 Å². The summed E-state index contributed by atoms with van der Waals surface area (Å²) < 4.78 is 24.0. The number of hydrogen-bond donors (Lipinski definition) is 2. The molecule has 1 amide bonds. The molecule has 16 heavy (non-hydrogen) atoms. The fourth-order valence-electron chi connectivity index (χ4n) is 1.39. The predicted molar refractivity (Wildman–Crippen MR) is 54.3 cm³/mol. The van der Waals surface area contributed by atoms with Crippen LogP contribution in [0.5, 0.6) is 0 Å². The molecule has 1 atom stereocenters. The number of halogens is 2. The minimum Gasteiger partial charge on any atom is -0.481 e. The van der Waals surface area contributed by atoms with Gasteiger partial charge in [0.25, 0.3) is 5.91 Å². The van der Waals surface area contributed by atoms with Crippen LogP contribution in [0.25, 0.3) is 0 Å². The number of carboxylic acid groups (broad SMARTS) is 1. The van der Waals surface area contributed by atoms with E-state index in [0.717, 1.165) is 0 Å². The van der Waals surface area contributed by atoms with Gasteiger partial charge in [0.2, 0.25) is 0 Å². The molecule has 6 heteroatoms. The molecule has 0 aliphatic rings. The van der Waals surface area contributed by atoms with Gasteiger partial charge in [0.15, 0.2) is 0 Å². The maximum Gasteiger partial charge on any atom is 0.315 e. The predicted octanol–water partition coefficient (Wildman–Crippen LogP) is 1.65. The van der Waals surface area contributed by atoms with Crippen LogP contribution in [0.3, 0.4) is 0 Å². The zero-order valence-corrected chi connectivity index (χ0v) is 9.59. The van der Waals surface area contributed by atoms with Crippen LogP contribution in [0.15, 0.2) is 0 Å². The highest BCUT2D eigenvalue weighted by Crippen LogP contribution is 2.22. The molecule has 1 unspecified atom stereocenters. The van der Waals surface area contributed by atoms with Gasteiger partial charge in [0.05, 0.1) is 6.42 Å². The number of aliphatic carboxylic acids is 1. The van der Waals surface area contributed by atoms with Crippen molar-refractivity contribution in [3.63, 3.8) is 0 Å². The quantitative estimate of drug-likeness (QED) is 0.764. The first-order valence-electron chi connectivity index (χ1n) is 4.92. The molecule has 2 N–H and O–H groups in total. The van der Waals surface area contributed by atoms with E-state index in [0.29, 0.717) is 6.42 Å². The van der Waals surface area contributed by atoms with Gasteiger partial charge in [-0.1, -0.05) is 20.8 Å². The number of carbonyl (C=O) groups excluding carboxylic acids is 1. The van der Waals surface area contributed by atoms with Gasteiger partial charge < -0.3 is 10.4 Å². The van der Waals surface area contributed by atoms with Crippen LogP contribution in [0.4, 0.5) is 8.78 Å². The first-order valence-corrected chi connectivity index (χ1v) is 4.92. The lowest BCUT2D eigenvalue weighted by Crippen LogP contribution is -2.41. The standard InChI is InChI=1S/C10H17F2NO3/c1-10(2,3)5-6(4-7(14)15)13-9(16)8(11)12/h6,8H,4-5H2,1-3H3,(H,13,16)(H,14,15).